The third kappa shape index (κ3) is 8.02. The highest BCUT2D eigenvalue weighted by Crippen LogP contribution is 2.23. The van der Waals surface area contributed by atoms with Gasteiger partial charge in [-0.2, -0.15) is 0 Å². The Morgan fingerprint density at radius 2 is 1.74 bits per heavy atom. The van der Waals surface area contributed by atoms with Crippen molar-refractivity contribution >= 4 is 39.1 Å². The van der Waals surface area contributed by atoms with Gasteiger partial charge in [0.1, 0.15) is 6.04 Å². The fourth-order valence-electron chi connectivity index (χ4n) is 3.59. The monoisotopic (exact) mass is 507 g/mol. The Labute approximate surface area is 208 Å². The van der Waals surface area contributed by atoms with Gasteiger partial charge < -0.3 is 10.2 Å². The molecule has 1 atom stereocenters. The van der Waals surface area contributed by atoms with Crippen molar-refractivity contribution in [3.05, 3.63) is 64.7 Å². The van der Waals surface area contributed by atoms with E-state index in [1.807, 2.05) is 38.1 Å². The number of carbonyl (C=O) groups excluding carboxylic acids is 2. The highest BCUT2D eigenvalue weighted by molar-refractivity contribution is 7.92. The first-order valence-corrected chi connectivity index (χ1v) is 13.6. The van der Waals surface area contributed by atoms with E-state index in [1.165, 1.54) is 9.21 Å². The minimum atomic E-state index is -3.52. The summed E-state index contributed by atoms with van der Waals surface area (Å²) in [5.74, 6) is -0.436. The third-order valence-electron chi connectivity index (χ3n) is 5.52. The first kappa shape index (κ1) is 27.7. The molecule has 0 heterocycles. The van der Waals surface area contributed by atoms with Crippen molar-refractivity contribution in [1.82, 2.24) is 10.2 Å². The first-order chi connectivity index (χ1) is 16.0. The molecule has 34 heavy (non-hydrogen) atoms. The van der Waals surface area contributed by atoms with Crippen LogP contribution >= 0.6 is 11.6 Å². The van der Waals surface area contributed by atoms with Crippen LogP contribution < -0.4 is 9.62 Å². The highest BCUT2D eigenvalue weighted by Gasteiger charge is 2.26. The molecule has 0 aliphatic heterocycles. The number of nitrogens with one attached hydrogen (secondary N) is 1. The molecule has 2 aromatic rings. The van der Waals surface area contributed by atoms with Crippen LogP contribution in [0.3, 0.4) is 0 Å². The predicted octanol–water partition coefficient (Wildman–Crippen LogP) is 4.14. The predicted molar refractivity (Wildman–Crippen MR) is 137 cm³/mol. The van der Waals surface area contributed by atoms with Crippen LogP contribution in [0, 0.1) is 6.92 Å². The van der Waals surface area contributed by atoms with Crippen molar-refractivity contribution in [3.8, 4) is 0 Å². The molecule has 7 nitrogen and oxygen atoms in total. The van der Waals surface area contributed by atoms with Crippen molar-refractivity contribution in [2.45, 2.75) is 52.6 Å². The maximum atomic E-state index is 13.2. The maximum Gasteiger partial charge on any atom is 0.242 e. The summed E-state index contributed by atoms with van der Waals surface area (Å²) in [5.41, 5.74) is 2.29. The lowest BCUT2D eigenvalue weighted by atomic mass is 10.1. The van der Waals surface area contributed by atoms with E-state index in [2.05, 4.69) is 5.32 Å². The number of carbonyl (C=O) groups is 2. The molecule has 0 spiro atoms. The molecule has 186 valence electrons. The number of sulfonamides is 1. The number of anilines is 1. The van der Waals surface area contributed by atoms with Gasteiger partial charge in [-0.25, -0.2) is 8.42 Å². The zero-order chi connectivity index (χ0) is 25.3. The van der Waals surface area contributed by atoms with E-state index in [4.69, 9.17) is 11.6 Å². The maximum absolute atomic E-state index is 13.2. The van der Waals surface area contributed by atoms with E-state index in [9.17, 15) is 18.0 Å². The Morgan fingerprint density at radius 3 is 2.32 bits per heavy atom. The van der Waals surface area contributed by atoms with Crippen LogP contribution in [0.4, 0.5) is 5.69 Å². The largest absolute Gasteiger partial charge is 0.354 e. The van der Waals surface area contributed by atoms with Gasteiger partial charge in [-0.05, 0) is 56.0 Å². The summed E-state index contributed by atoms with van der Waals surface area (Å²) in [6, 6.07) is 13.7. The summed E-state index contributed by atoms with van der Waals surface area (Å²) in [4.78, 5) is 27.4. The van der Waals surface area contributed by atoms with Crippen LogP contribution in [0.5, 0.6) is 0 Å². The Bertz CT molecular complexity index is 1070. The molecular weight excluding hydrogens is 474 g/mol. The van der Waals surface area contributed by atoms with Crippen molar-refractivity contribution < 1.29 is 18.0 Å². The average Bonchev–Trinajstić information content (AvgIpc) is 2.79. The Kier molecular flexibility index (Phi) is 10.4. The molecule has 0 saturated heterocycles. The highest BCUT2D eigenvalue weighted by atomic mass is 35.5. The third-order valence-corrected chi connectivity index (χ3v) is 6.95. The molecule has 2 amide bonds. The van der Waals surface area contributed by atoms with Gasteiger partial charge in [-0.15, -0.1) is 0 Å². The summed E-state index contributed by atoms with van der Waals surface area (Å²) in [6.45, 7) is 6.47. The van der Waals surface area contributed by atoms with E-state index in [0.717, 1.165) is 23.8 Å². The Morgan fingerprint density at radius 1 is 1.09 bits per heavy atom. The fraction of sp³-hybridized carbons (Fsp3) is 0.440. The molecule has 0 saturated carbocycles. The summed E-state index contributed by atoms with van der Waals surface area (Å²) in [7, 11) is -3.52. The minimum absolute atomic E-state index is 0.108. The summed E-state index contributed by atoms with van der Waals surface area (Å²) in [6.07, 6.45) is 2.38. The summed E-state index contributed by atoms with van der Waals surface area (Å²) >= 11 is 5.98. The molecule has 2 rings (SSSR count). The van der Waals surface area contributed by atoms with E-state index in [0.29, 0.717) is 23.7 Å². The topological polar surface area (TPSA) is 86.8 Å². The lowest BCUT2D eigenvalue weighted by molar-refractivity contribution is -0.140. The van der Waals surface area contributed by atoms with Gasteiger partial charge in [0, 0.05) is 31.1 Å². The van der Waals surface area contributed by atoms with Gasteiger partial charge >= 0.3 is 0 Å². The second-order valence-electron chi connectivity index (χ2n) is 8.34. The van der Waals surface area contributed by atoms with Crippen molar-refractivity contribution in [2.75, 3.05) is 23.7 Å². The first-order valence-electron chi connectivity index (χ1n) is 11.4. The SMILES string of the molecule is CCCNC(=O)[C@@H](C)N(Cc1ccc(Cl)cc1)C(=O)CCCN(c1ccccc1C)S(C)(=O)=O. The second-order valence-corrected chi connectivity index (χ2v) is 10.7. The van der Waals surface area contributed by atoms with Crippen LogP contribution in [0.2, 0.25) is 5.02 Å². The van der Waals surface area contributed by atoms with Crippen molar-refractivity contribution in [2.24, 2.45) is 0 Å². The van der Waals surface area contributed by atoms with Crippen molar-refractivity contribution in [1.29, 1.82) is 0 Å². The number of aryl methyl sites for hydroxylation is 1. The number of hydrogen-bond acceptors (Lipinski definition) is 4. The molecule has 0 fully saturated rings. The zero-order valence-corrected chi connectivity index (χ0v) is 21.8. The van der Waals surface area contributed by atoms with Gasteiger partial charge in [0.25, 0.3) is 0 Å². The second kappa shape index (κ2) is 12.8. The molecule has 9 heteroatoms. The van der Waals surface area contributed by atoms with Gasteiger partial charge in [-0.1, -0.05) is 48.9 Å². The number of halogens is 1. The minimum Gasteiger partial charge on any atom is -0.354 e. The van der Waals surface area contributed by atoms with Crippen LogP contribution in [0.25, 0.3) is 0 Å². The number of amides is 2. The van der Waals surface area contributed by atoms with Crippen LogP contribution in [-0.4, -0.2) is 50.5 Å². The summed E-state index contributed by atoms with van der Waals surface area (Å²) < 4.78 is 26.2. The van der Waals surface area contributed by atoms with Gasteiger partial charge in [0.2, 0.25) is 21.8 Å². The van der Waals surface area contributed by atoms with Crippen LogP contribution in [0.15, 0.2) is 48.5 Å². The molecule has 0 radical (unpaired) electrons. The van der Waals surface area contributed by atoms with E-state index < -0.39 is 16.1 Å². The van der Waals surface area contributed by atoms with E-state index >= 15 is 0 Å². The quantitative estimate of drug-likeness (QED) is 0.467. The molecule has 0 unspecified atom stereocenters. The zero-order valence-electron chi connectivity index (χ0n) is 20.3. The normalized spacial score (nSPS) is 12.1. The number of para-hydroxylation sites is 1. The standard InChI is InChI=1S/C25H34ClN3O4S/c1-5-16-27-25(31)20(3)28(18-21-12-14-22(26)15-13-21)24(30)11-8-17-29(34(4,32)33)23-10-7-6-9-19(23)2/h6-7,9-10,12-15,20H,5,8,11,16-18H2,1-4H3,(H,27,31)/t20-/m1/s1. The van der Waals surface area contributed by atoms with E-state index in [1.54, 1.807) is 31.2 Å². The molecule has 0 aliphatic carbocycles. The summed E-state index contributed by atoms with van der Waals surface area (Å²) in [5, 5.41) is 3.43. The molecule has 0 aliphatic rings. The molecule has 0 aromatic heterocycles. The smallest absolute Gasteiger partial charge is 0.242 e. The molecule has 2 aromatic carbocycles. The number of hydrogen-bond donors (Lipinski definition) is 1. The van der Waals surface area contributed by atoms with Gasteiger partial charge in [0.05, 0.1) is 11.9 Å². The van der Waals surface area contributed by atoms with E-state index in [-0.39, 0.29) is 31.3 Å². The lowest BCUT2D eigenvalue weighted by Crippen LogP contribution is -2.47. The Balaban J connectivity index is 2.15. The number of rotatable bonds is 12. The Hall–Kier alpha value is -2.58. The average molecular weight is 508 g/mol. The van der Waals surface area contributed by atoms with Gasteiger partial charge in [-0.3, -0.25) is 13.9 Å². The molecular formula is C25H34ClN3O4S. The molecule has 0 bridgehead atoms. The van der Waals surface area contributed by atoms with Crippen LogP contribution in [-0.2, 0) is 26.2 Å². The lowest BCUT2D eigenvalue weighted by Gasteiger charge is -2.29. The number of benzene rings is 2. The number of nitrogens with zero attached hydrogens (tertiary/aromatic N) is 2. The fourth-order valence-corrected chi connectivity index (χ4v) is 4.74. The molecule has 1 N–H and O–H groups in total. The van der Waals surface area contributed by atoms with Crippen LogP contribution in [0.1, 0.15) is 44.2 Å². The van der Waals surface area contributed by atoms with Gasteiger partial charge in [0.15, 0.2) is 0 Å². The van der Waals surface area contributed by atoms with Crippen molar-refractivity contribution in [3.63, 3.8) is 0 Å².